The van der Waals surface area contributed by atoms with Crippen LogP contribution in [0.25, 0.3) is 0 Å². The van der Waals surface area contributed by atoms with Gasteiger partial charge >= 0.3 is 0 Å². The molecule has 0 spiro atoms. The minimum Gasteiger partial charge on any atom is -0.387 e. The molecule has 1 aromatic rings. The first kappa shape index (κ1) is 15.0. The van der Waals surface area contributed by atoms with Gasteiger partial charge in [0, 0.05) is 12.7 Å². The number of benzene rings is 1. The molecule has 0 radical (unpaired) electrons. The van der Waals surface area contributed by atoms with Crippen molar-refractivity contribution in [3.8, 4) is 6.07 Å². The number of nitrogens with one attached hydrogen (secondary N) is 2. The van der Waals surface area contributed by atoms with Crippen LogP contribution in [0.2, 0.25) is 0 Å². The van der Waals surface area contributed by atoms with E-state index in [0.29, 0.717) is 17.9 Å². The van der Waals surface area contributed by atoms with Gasteiger partial charge in [-0.1, -0.05) is 12.1 Å². The summed E-state index contributed by atoms with van der Waals surface area (Å²) in [5.41, 5.74) is 4.68. The van der Waals surface area contributed by atoms with Crippen LogP contribution in [0.4, 0.5) is 4.39 Å². The minimum absolute atomic E-state index is 0.237. The number of nitrogens with two attached hydrogens (primary N) is 1. The van der Waals surface area contributed by atoms with Crippen molar-refractivity contribution in [2.45, 2.75) is 6.61 Å². The fourth-order valence-corrected chi connectivity index (χ4v) is 1.33. The van der Waals surface area contributed by atoms with E-state index in [4.69, 9.17) is 15.8 Å². The molecule has 1 rings (SSSR count). The molecule has 6 heteroatoms. The van der Waals surface area contributed by atoms with E-state index >= 15 is 0 Å². The molecule has 1 aromatic carbocycles. The molecule has 0 saturated heterocycles. The molecule has 102 valence electrons. The van der Waals surface area contributed by atoms with Crippen molar-refractivity contribution in [1.82, 2.24) is 10.7 Å². The summed E-state index contributed by atoms with van der Waals surface area (Å²) in [5.74, 6) is 5.30. The highest BCUT2D eigenvalue weighted by Gasteiger charge is 1.97. The number of hydrogen-bond acceptors (Lipinski definition) is 5. The molecule has 0 fully saturated rings. The molecular formula is C13H17FN4O. The number of rotatable bonds is 8. The van der Waals surface area contributed by atoms with Crippen molar-refractivity contribution in [3.63, 3.8) is 0 Å². The topological polar surface area (TPSA) is 83.1 Å². The van der Waals surface area contributed by atoms with E-state index in [-0.39, 0.29) is 13.2 Å². The van der Waals surface area contributed by atoms with Crippen LogP contribution in [0, 0.1) is 11.3 Å². The molecule has 5 nitrogen and oxygen atoms in total. The maximum atomic E-state index is 11.9. The molecule has 0 amide bonds. The largest absolute Gasteiger partial charge is 0.387 e. The molecule has 0 atom stereocenters. The smallest absolute Gasteiger partial charge is 0.107 e. The highest BCUT2D eigenvalue weighted by Crippen LogP contribution is 2.05. The van der Waals surface area contributed by atoms with Gasteiger partial charge in [-0.15, -0.1) is 0 Å². The van der Waals surface area contributed by atoms with Gasteiger partial charge in [0.2, 0.25) is 0 Å². The van der Waals surface area contributed by atoms with Crippen LogP contribution in [0.1, 0.15) is 11.1 Å². The molecule has 0 aliphatic carbocycles. The minimum atomic E-state index is -0.444. The Morgan fingerprint density at radius 2 is 2.16 bits per heavy atom. The fraction of sp³-hybridized carbons (Fsp3) is 0.308. The third-order valence-corrected chi connectivity index (χ3v) is 2.31. The van der Waals surface area contributed by atoms with Crippen molar-refractivity contribution < 1.29 is 9.13 Å². The summed E-state index contributed by atoms with van der Waals surface area (Å²) in [6.07, 6.45) is 1.58. The zero-order chi connectivity index (χ0) is 13.9. The first-order valence-corrected chi connectivity index (χ1v) is 5.82. The summed E-state index contributed by atoms with van der Waals surface area (Å²) in [4.78, 5) is 0. The number of ether oxygens (including phenoxy) is 1. The van der Waals surface area contributed by atoms with E-state index in [1.54, 1.807) is 18.3 Å². The van der Waals surface area contributed by atoms with Crippen LogP contribution < -0.4 is 16.6 Å². The molecule has 19 heavy (non-hydrogen) atoms. The Labute approximate surface area is 111 Å². The lowest BCUT2D eigenvalue weighted by atomic mass is 10.2. The number of hydrogen-bond donors (Lipinski definition) is 3. The molecule has 0 unspecified atom stereocenters. The number of hydrazine groups is 1. The highest BCUT2D eigenvalue weighted by atomic mass is 19.1. The second-order valence-corrected chi connectivity index (χ2v) is 3.76. The zero-order valence-electron chi connectivity index (χ0n) is 10.5. The quantitative estimate of drug-likeness (QED) is 0.370. The van der Waals surface area contributed by atoms with Gasteiger partial charge in [-0.25, -0.2) is 4.39 Å². The predicted molar refractivity (Wildman–Crippen MR) is 70.2 cm³/mol. The Morgan fingerprint density at radius 3 is 2.74 bits per heavy atom. The third kappa shape index (κ3) is 5.86. The molecular weight excluding hydrogens is 247 g/mol. The van der Waals surface area contributed by atoms with Crippen molar-refractivity contribution in [2.75, 3.05) is 19.8 Å². The van der Waals surface area contributed by atoms with Gasteiger partial charge in [0.15, 0.2) is 0 Å². The van der Waals surface area contributed by atoms with Crippen LogP contribution >= 0.6 is 0 Å². The summed E-state index contributed by atoms with van der Waals surface area (Å²) < 4.78 is 17.3. The standard InChI is InChI=1S/C13H17FN4O/c14-5-6-17-8-13(18-16)10-19-9-12-3-1-11(7-15)2-4-12/h1-4,8,17-18H,5-6,9-10,16H2/b13-8-. The Balaban J connectivity index is 2.35. The van der Waals surface area contributed by atoms with Crippen LogP contribution in [-0.4, -0.2) is 19.8 Å². The van der Waals surface area contributed by atoms with E-state index in [1.807, 2.05) is 12.1 Å². The zero-order valence-corrected chi connectivity index (χ0v) is 10.5. The summed E-state index contributed by atoms with van der Waals surface area (Å²) in [6.45, 7) is 0.491. The Hall–Kier alpha value is -2.10. The van der Waals surface area contributed by atoms with E-state index in [0.717, 1.165) is 5.56 Å². The molecule has 0 bridgehead atoms. The van der Waals surface area contributed by atoms with E-state index in [1.165, 1.54) is 0 Å². The van der Waals surface area contributed by atoms with Gasteiger partial charge in [-0.05, 0) is 17.7 Å². The summed E-state index contributed by atoms with van der Waals surface area (Å²) in [7, 11) is 0. The number of nitriles is 1. The molecule has 0 heterocycles. The van der Waals surface area contributed by atoms with E-state index in [9.17, 15) is 4.39 Å². The van der Waals surface area contributed by atoms with Crippen LogP contribution in [0.3, 0.4) is 0 Å². The Kier molecular flexibility index (Phi) is 7.02. The Bertz CT molecular complexity index is 439. The molecule has 4 N–H and O–H groups in total. The maximum absolute atomic E-state index is 11.9. The van der Waals surface area contributed by atoms with Crippen LogP contribution in [0.5, 0.6) is 0 Å². The predicted octanol–water partition coefficient (Wildman–Crippen LogP) is 0.939. The van der Waals surface area contributed by atoms with Gasteiger partial charge in [0.25, 0.3) is 0 Å². The highest BCUT2D eigenvalue weighted by molar-refractivity contribution is 5.31. The third-order valence-electron chi connectivity index (χ3n) is 2.31. The van der Waals surface area contributed by atoms with Gasteiger partial charge in [0.1, 0.15) is 6.67 Å². The normalized spacial score (nSPS) is 10.9. The Morgan fingerprint density at radius 1 is 1.42 bits per heavy atom. The van der Waals surface area contributed by atoms with Crippen molar-refractivity contribution in [1.29, 1.82) is 5.26 Å². The van der Waals surface area contributed by atoms with Crippen molar-refractivity contribution in [3.05, 3.63) is 47.3 Å². The molecule has 0 saturated carbocycles. The molecule has 0 aliphatic rings. The lowest BCUT2D eigenvalue weighted by molar-refractivity contribution is 0.138. The number of halogens is 1. The number of alkyl halides is 1. The lowest BCUT2D eigenvalue weighted by Gasteiger charge is -2.08. The summed E-state index contributed by atoms with van der Waals surface area (Å²) in [5, 5.41) is 11.4. The van der Waals surface area contributed by atoms with Gasteiger partial charge in [0.05, 0.1) is 30.5 Å². The average Bonchev–Trinajstić information content (AvgIpc) is 2.46. The first-order valence-electron chi connectivity index (χ1n) is 5.82. The van der Waals surface area contributed by atoms with Gasteiger partial charge < -0.3 is 15.5 Å². The van der Waals surface area contributed by atoms with E-state index < -0.39 is 6.67 Å². The second kappa shape index (κ2) is 8.91. The second-order valence-electron chi connectivity index (χ2n) is 3.76. The van der Waals surface area contributed by atoms with E-state index in [2.05, 4.69) is 16.8 Å². The first-order chi connectivity index (χ1) is 9.30. The average molecular weight is 264 g/mol. The van der Waals surface area contributed by atoms with Crippen LogP contribution in [-0.2, 0) is 11.3 Å². The van der Waals surface area contributed by atoms with Crippen molar-refractivity contribution >= 4 is 0 Å². The van der Waals surface area contributed by atoms with Gasteiger partial charge in [-0.3, -0.25) is 5.84 Å². The lowest BCUT2D eigenvalue weighted by Crippen LogP contribution is -2.26. The monoisotopic (exact) mass is 264 g/mol. The maximum Gasteiger partial charge on any atom is 0.107 e. The molecule has 0 aromatic heterocycles. The fourth-order valence-electron chi connectivity index (χ4n) is 1.33. The number of nitrogens with zero attached hydrogens (tertiary/aromatic N) is 1. The molecule has 0 aliphatic heterocycles. The van der Waals surface area contributed by atoms with Gasteiger partial charge in [-0.2, -0.15) is 5.26 Å². The summed E-state index contributed by atoms with van der Waals surface area (Å²) in [6, 6.07) is 9.19. The van der Waals surface area contributed by atoms with Crippen LogP contribution in [0.15, 0.2) is 36.2 Å². The van der Waals surface area contributed by atoms with Crippen molar-refractivity contribution in [2.24, 2.45) is 5.84 Å². The SMILES string of the molecule is N#Cc1ccc(COC/C(=C/NCCF)NN)cc1. The summed E-state index contributed by atoms with van der Waals surface area (Å²) >= 11 is 0.